The Morgan fingerprint density at radius 1 is 1.32 bits per heavy atom. The summed E-state index contributed by atoms with van der Waals surface area (Å²) in [6.45, 7) is 7.36. The highest BCUT2D eigenvalue weighted by Crippen LogP contribution is 2.40. The number of rotatable bonds is 6. The average molecular weight is 304 g/mol. The summed E-state index contributed by atoms with van der Waals surface area (Å²) in [5, 5.41) is 19.5. The van der Waals surface area contributed by atoms with E-state index in [1.54, 1.807) is 12.1 Å². The monoisotopic (exact) mass is 304 g/mol. The van der Waals surface area contributed by atoms with Crippen LogP contribution >= 0.6 is 0 Å². The number of carbonyl (C=O) groups excluding carboxylic acids is 1. The van der Waals surface area contributed by atoms with Crippen LogP contribution < -0.4 is 0 Å². The van der Waals surface area contributed by atoms with E-state index < -0.39 is 0 Å². The molecule has 1 heterocycles. The lowest BCUT2D eigenvalue weighted by Gasteiger charge is -2.11. The second kappa shape index (κ2) is 6.23. The van der Waals surface area contributed by atoms with Gasteiger partial charge >= 0.3 is 0 Å². The zero-order valence-corrected chi connectivity index (χ0v) is 13.6. The smallest absolute Gasteiger partial charge is 0.159 e. The minimum absolute atomic E-state index is 0.00980. The molecule has 0 amide bonds. The number of hydrogen-bond acceptors (Lipinski definition) is 4. The standard InChI is InChI=1S/C18H24O4/c1-11(10-19)5-6-13-7-14(12(2)20)8-15(17(13)21)9-16-18(3,4)22-16/h5,7-8,16,19,21H,6,9-10H2,1-4H3/t16-/m0/s1. The molecule has 0 radical (unpaired) electrons. The molecule has 2 N–H and O–H groups in total. The lowest BCUT2D eigenvalue weighted by molar-refractivity contribution is 0.101. The van der Waals surface area contributed by atoms with Crippen molar-refractivity contribution in [1.82, 2.24) is 0 Å². The predicted octanol–water partition coefficient (Wildman–Crippen LogP) is 2.80. The molecule has 1 aliphatic rings. The number of phenols is 1. The van der Waals surface area contributed by atoms with Crippen molar-refractivity contribution in [1.29, 1.82) is 0 Å². The Morgan fingerprint density at radius 2 is 1.91 bits per heavy atom. The molecular weight excluding hydrogens is 280 g/mol. The third-order valence-corrected chi connectivity index (χ3v) is 4.16. The number of phenolic OH excluding ortho intramolecular Hbond substituents is 1. The maximum Gasteiger partial charge on any atom is 0.159 e. The van der Waals surface area contributed by atoms with Crippen LogP contribution in [0.5, 0.6) is 5.75 Å². The summed E-state index contributed by atoms with van der Waals surface area (Å²) in [4.78, 5) is 11.7. The van der Waals surface area contributed by atoms with Gasteiger partial charge in [-0.1, -0.05) is 11.6 Å². The maximum absolute atomic E-state index is 11.7. The fourth-order valence-corrected chi connectivity index (χ4v) is 2.44. The van der Waals surface area contributed by atoms with Crippen LogP contribution in [0.2, 0.25) is 0 Å². The summed E-state index contributed by atoms with van der Waals surface area (Å²) in [6.07, 6.45) is 3.01. The topological polar surface area (TPSA) is 70.1 Å². The molecule has 0 aliphatic carbocycles. The first-order valence-corrected chi connectivity index (χ1v) is 7.54. The summed E-state index contributed by atoms with van der Waals surface area (Å²) in [7, 11) is 0. The number of hydrogen-bond donors (Lipinski definition) is 2. The molecule has 0 saturated carbocycles. The SMILES string of the molecule is CC(=O)c1cc(CC=C(C)CO)c(O)c(C[C@@H]2OC2(C)C)c1. The third-order valence-electron chi connectivity index (χ3n) is 4.16. The molecule has 1 atom stereocenters. The van der Waals surface area contributed by atoms with E-state index in [9.17, 15) is 9.90 Å². The first kappa shape index (κ1) is 16.7. The molecule has 0 spiro atoms. The normalized spacial score (nSPS) is 20.0. The molecule has 1 saturated heterocycles. The Balaban J connectivity index is 2.32. The van der Waals surface area contributed by atoms with Crippen LogP contribution in [0.4, 0.5) is 0 Å². The zero-order valence-electron chi connectivity index (χ0n) is 13.6. The highest BCUT2D eigenvalue weighted by Gasteiger charge is 2.47. The van der Waals surface area contributed by atoms with Crippen molar-refractivity contribution < 1.29 is 19.7 Å². The summed E-state index contributed by atoms with van der Waals surface area (Å²) < 4.78 is 5.58. The maximum atomic E-state index is 11.7. The number of epoxide rings is 1. The van der Waals surface area contributed by atoms with E-state index in [2.05, 4.69) is 0 Å². The van der Waals surface area contributed by atoms with Crippen molar-refractivity contribution in [3.8, 4) is 5.75 Å². The van der Waals surface area contributed by atoms with E-state index >= 15 is 0 Å². The van der Waals surface area contributed by atoms with E-state index in [0.717, 1.165) is 11.1 Å². The molecule has 0 bridgehead atoms. The molecule has 2 rings (SSSR count). The highest BCUT2D eigenvalue weighted by atomic mass is 16.6. The van der Waals surface area contributed by atoms with Gasteiger partial charge in [0.1, 0.15) is 5.75 Å². The minimum atomic E-state index is -0.161. The zero-order chi connectivity index (χ0) is 16.5. The van der Waals surface area contributed by atoms with Gasteiger partial charge in [0.05, 0.1) is 18.3 Å². The molecule has 1 aromatic carbocycles. The van der Waals surface area contributed by atoms with Gasteiger partial charge in [-0.15, -0.1) is 0 Å². The Kier molecular flexibility index (Phi) is 4.73. The third kappa shape index (κ3) is 3.76. The van der Waals surface area contributed by atoms with Gasteiger partial charge in [0, 0.05) is 12.0 Å². The number of aliphatic hydroxyl groups is 1. The van der Waals surface area contributed by atoms with Crippen LogP contribution in [0.3, 0.4) is 0 Å². The minimum Gasteiger partial charge on any atom is -0.507 e. The quantitative estimate of drug-likeness (QED) is 0.482. The van der Waals surface area contributed by atoms with E-state index in [-0.39, 0.29) is 29.8 Å². The van der Waals surface area contributed by atoms with Crippen LogP contribution in [0.15, 0.2) is 23.8 Å². The lowest BCUT2D eigenvalue weighted by Crippen LogP contribution is -2.07. The van der Waals surface area contributed by atoms with Crippen molar-refractivity contribution in [2.45, 2.75) is 52.2 Å². The Morgan fingerprint density at radius 3 is 2.41 bits per heavy atom. The first-order valence-electron chi connectivity index (χ1n) is 7.54. The number of aliphatic hydroxyl groups excluding tert-OH is 1. The van der Waals surface area contributed by atoms with Crippen LogP contribution in [0.1, 0.15) is 49.2 Å². The van der Waals surface area contributed by atoms with Crippen molar-refractivity contribution in [2.24, 2.45) is 0 Å². The van der Waals surface area contributed by atoms with Gasteiger partial charge in [0.15, 0.2) is 5.78 Å². The molecule has 120 valence electrons. The number of ether oxygens (including phenoxy) is 1. The summed E-state index contributed by atoms with van der Waals surface area (Å²) in [5.41, 5.74) is 2.71. The van der Waals surface area contributed by atoms with Gasteiger partial charge in [-0.2, -0.15) is 0 Å². The second-order valence-corrected chi connectivity index (χ2v) is 6.53. The number of benzene rings is 1. The van der Waals surface area contributed by atoms with Crippen LogP contribution in [0, 0.1) is 0 Å². The van der Waals surface area contributed by atoms with Gasteiger partial charge < -0.3 is 14.9 Å². The summed E-state index contributed by atoms with van der Waals surface area (Å²) in [5.74, 6) is 0.194. The van der Waals surface area contributed by atoms with E-state index in [4.69, 9.17) is 9.84 Å². The van der Waals surface area contributed by atoms with Crippen molar-refractivity contribution in [3.05, 3.63) is 40.5 Å². The Labute approximate surface area is 131 Å². The molecule has 1 aromatic rings. The second-order valence-electron chi connectivity index (χ2n) is 6.53. The van der Waals surface area contributed by atoms with Crippen molar-refractivity contribution in [3.63, 3.8) is 0 Å². The fraction of sp³-hybridized carbons (Fsp3) is 0.500. The van der Waals surface area contributed by atoms with Gasteiger partial charge in [0.2, 0.25) is 0 Å². The number of allylic oxidation sites excluding steroid dienone is 1. The molecule has 4 nitrogen and oxygen atoms in total. The first-order chi connectivity index (χ1) is 10.2. The highest BCUT2D eigenvalue weighted by molar-refractivity contribution is 5.94. The van der Waals surface area contributed by atoms with Gasteiger partial charge in [-0.05, 0) is 57.4 Å². The summed E-state index contributed by atoms with van der Waals surface area (Å²) >= 11 is 0. The fourth-order valence-electron chi connectivity index (χ4n) is 2.44. The van der Waals surface area contributed by atoms with E-state index in [1.807, 2.05) is 26.8 Å². The number of aromatic hydroxyl groups is 1. The lowest BCUT2D eigenvalue weighted by atomic mass is 9.95. The summed E-state index contributed by atoms with van der Waals surface area (Å²) in [6, 6.07) is 3.47. The van der Waals surface area contributed by atoms with Crippen LogP contribution in [-0.2, 0) is 17.6 Å². The Bertz CT molecular complexity index is 614. The van der Waals surface area contributed by atoms with E-state index in [1.165, 1.54) is 6.92 Å². The van der Waals surface area contributed by atoms with Gasteiger partial charge in [-0.3, -0.25) is 4.79 Å². The molecule has 0 unspecified atom stereocenters. The largest absolute Gasteiger partial charge is 0.507 e. The number of carbonyl (C=O) groups is 1. The molecule has 22 heavy (non-hydrogen) atoms. The average Bonchev–Trinajstić information content (AvgIpc) is 3.05. The Hall–Kier alpha value is -1.65. The predicted molar refractivity (Wildman–Crippen MR) is 85.3 cm³/mol. The molecule has 0 aromatic heterocycles. The van der Waals surface area contributed by atoms with Crippen LogP contribution in [0.25, 0.3) is 0 Å². The molecule has 1 fully saturated rings. The van der Waals surface area contributed by atoms with Gasteiger partial charge in [-0.25, -0.2) is 0 Å². The van der Waals surface area contributed by atoms with Crippen LogP contribution in [-0.4, -0.2) is 34.3 Å². The molecule has 1 aliphatic heterocycles. The number of ketones is 1. The molecule has 4 heteroatoms. The number of Topliss-reactive ketones (excluding diaryl/α,β-unsaturated/α-hetero) is 1. The van der Waals surface area contributed by atoms with E-state index in [0.29, 0.717) is 24.0 Å². The van der Waals surface area contributed by atoms with Crippen molar-refractivity contribution in [2.75, 3.05) is 6.61 Å². The van der Waals surface area contributed by atoms with Gasteiger partial charge in [0.25, 0.3) is 0 Å². The molecular formula is C18H24O4. The van der Waals surface area contributed by atoms with Crippen molar-refractivity contribution >= 4 is 5.78 Å².